The van der Waals surface area contributed by atoms with Gasteiger partial charge >= 0.3 is 7.82 Å². The molecule has 0 aromatic rings. The standard InChI is InChI=1S/C15H27O4P/c1-13(2)7-5-8-14(3)9-6-10-15(4)11-12-19-20(16,17)18/h7,9,11H,5-6,8,10,12H2,1-4H3,(H2,16,17,18)/b14-9+,15-11?. The zero-order valence-corrected chi connectivity index (χ0v) is 13.8. The van der Waals surface area contributed by atoms with Crippen LogP contribution in [-0.2, 0) is 9.09 Å². The third-order valence-corrected chi connectivity index (χ3v) is 3.28. The molecular weight excluding hydrogens is 275 g/mol. The van der Waals surface area contributed by atoms with Gasteiger partial charge in [-0.15, -0.1) is 0 Å². The second-order valence-corrected chi connectivity index (χ2v) is 6.49. The van der Waals surface area contributed by atoms with Crippen molar-refractivity contribution >= 4 is 7.82 Å². The van der Waals surface area contributed by atoms with Gasteiger partial charge in [0, 0.05) is 0 Å². The third-order valence-electron chi connectivity index (χ3n) is 2.80. The normalized spacial score (nSPS) is 13.5. The Morgan fingerprint density at radius 1 is 0.950 bits per heavy atom. The molecule has 0 aliphatic heterocycles. The Bertz CT molecular complexity index is 412. The monoisotopic (exact) mass is 302 g/mol. The number of allylic oxidation sites excluding steroid dienone is 5. The topological polar surface area (TPSA) is 66.8 Å². The zero-order chi connectivity index (χ0) is 15.6. The lowest BCUT2D eigenvalue weighted by molar-refractivity contribution is 0.215. The van der Waals surface area contributed by atoms with Crippen molar-refractivity contribution in [3.63, 3.8) is 0 Å². The molecule has 0 aromatic carbocycles. The SMILES string of the molecule is CC(C)=CCC/C(C)=C/CCC(C)=CCOP(=O)(O)O. The highest BCUT2D eigenvalue weighted by Crippen LogP contribution is 2.35. The minimum atomic E-state index is -4.35. The van der Waals surface area contributed by atoms with Crippen LogP contribution in [0.15, 0.2) is 34.9 Å². The van der Waals surface area contributed by atoms with Gasteiger partial charge in [-0.1, -0.05) is 34.9 Å². The number of phosphoric ester groups is 1. The van der Waals surface area contributed by atoms with E-state index in [0.29, 0.717) is 0 Å². The highest BCUT2D eigenvalue weighted by Gasteiger charge is 2.11. The third kappa shape index (κ3) is 13.8. The van der Waals surface area contributed by atoms with Crippen molar-refractivity contribution < 1.29 is 18.9 Å². The van der Waals surface area contributed by atoms with Gasteiger partial charge in [0.25, 0.3) is 0 Å². The Balaban J connectivity index is 3.94. The number of phosphoric acid groups is 1. The van der Waals surface area contributed by atoms with Gasteiger partial charge in [0.1, 0.15) is 0 Å². The molecule has 116 valence electrons. The van der Waals surface area contributed by atoms with E-state index < -0.39 is 7.82 Å². The van der Waals surface area contributed by atoms with Gasteiger partial charge in [-0.2, -0.15) is 0 Å². The van der Waals surface area contributed by atoms with Crippen molar-refractivity contribution in [3.8, 4) is 0 Å². The molecule has 0 amide bonds. The van der Waals surface area contributed by atoms with Crippen LogP contribution in [0.25, 0.3) is 0 Å². The summed E-state index contributed by atoms with van der Waals surface area (Å²) in [4.78, 5) is 17.1. The van der Waals surface area contributed by atoms with E-state index in [9.17, 15) is 4.57 Å². The van der Waals surface area contributed by atoms with Crippen LogP contribution in [-0.4, -0.2) is 16.4 Å². The van der Waals surface area contributed by atoms with E-state index in [4.69, 9.17) is 9.79 Å². The molecule has 0 rings (SSSR count). The molecule has 0 aromatic heterocycles. The van der Waals surface area contributed by atoms with Crippen LogP contribution >= 0.6 is 7.82 Å². The number of rotatable bonds is 9. The number of hydrogen-bond donors (Lipinski definition) is 2. The van der Waals surface area contributed by atoms with Crippen LogP contribution in [0.4, 0.5) is 0 Å². The Morgan fingerprint density at radius 2 is 1.45 bits per heavy atom. The zero-order valence-electron chi connectivity index (χ0n) is 12.9. The molecule has 0 aliphatic rings. The lowest BCUT2D eigenvalue weighted by Gasteiger charge is -2.03. The summed E-state index contributed by atoms with van der Waals surface area (Å²) in [6, 6.07) is 0. The lowest BCUT2D eigenvalue weighted by Crippen LogP contribution is -1.89. The van der Waals surface area contributed by atoms with Crippen LogP contribution in [0.5, 0.6) is 0 Å². The van der Waals surface area contributed by atoms with E-state index in [1.54, 1.807) is 6.08 Å². The highest BCUT2D eigenvalue weighted by atomic mass is 31.2. The molecule has 0 bridgehead atoms. The van der Waals surface area contributed by atoms with Crippen LogP contribution in [0.1, 0.15) is 53.4 Å². The van der Waals surface area contributed by atoms with Gasteiger partial charge in [0.15, 0.2) is 0 Å². The summed E-state index contributed by atoms with van der Waals surface area (Å²) in [5, 5.41) is 0. The molecular formula is C15H27O4P. The van der Waals surface area contributed by atoms with Gasteiger partial charge in [-0.3, -0.25) is 4.52 Å². The van der Waals surface area contributed by atoms with Gasteiger partial charge in [-0.05, 0) is 53.4 Å². The van der Waals surface area contributed by atoms with Gasteiger partial charge < -0.3 is 9.79 Å². The summed E-state index contributed by atoms with van der Waals surface area (Å²) in [6.07, 6.45) is 10.2. The maximum absolute atomic E-state index is 10.5. The van der Waals surface area contributed by atoms with E-state index in [2.05, 4.69) is 37.4 Å². The van der Waals surface area contributed by atoms with Crippen LogP contribution < -0.4 is 0 Å². The fourth-order valence-electron chi connectivity index (χ4n) is 1.62. The molecule has 0 radical (unpaired) electrons. The van der Waals surface area contributed by atoms with Crippen LogP contribution in [0, 0.1) is 0 Å². The summed E-state index contributed by atoms with van der Waals surface area (Å²) < 4.78 is 14.9. The van der Waals surface area contributed by atoms with Crippen molar-refractivity contribution in [2.75, 3.05) is 6.61 Å². The molecule has 0 aliphatic carbocycles. The second-order valence-electron chi connectivity index (χ2n) is 5.25. The predicted octanol–water partition coefficient (Wildman–Crippen LogP) is 4.51. The summed E-state index contributed by atoms with van der Waals surface area (Å²) in [7, 11) is -4.35. The lowest BCUT2D eigenvalue weighted by atomic mass is 10.1. The maximum Gasteiger partial charge on any atom is 0.469 e. The van der Waals surface area contributed by atoms with Gasteiger partial charge in [-0.25, -0.2) is 4.57 Å². The molecule has 20 heavy (non-hydrogen) atoms. The van der Waals surface area contributed by atoms with Crippen molar-refractivity contribution in [1.82, 2.24) is 0 Å². The smallest absolute Gasteiger partial charge is 0.303 e. The first-order valence-electron chi connectivity index (χ1n) is 6.85. The molecule has 5 heteroatoms. The highest BCUT2D eigenvalue weighted by molar-refractivity contribution is 7.46. The Morgan fingerprint density at radius 3 is 1.95 bits per heavy atom. The Kier molecular flexibility index (Phi) is 9.78. The van der Waals surface area contributed by atoms with E-state index >= 15 is 0 Å². The summed E-state index contributed by atoms with van der Waals surface area (Å²) in [6.45, 7) is 8.24. The summed E-state index contributed by atoms with van der Waals surface area (Å²) in [5.74, 6) is 0. The predicted molar refractivity (Wildman–Crippen MR) is 83.4 cm³/mol. The van der Waals surface area contributed by atoms with Crippen molar-refractivity contribution in [3.05, 3.63) is 34.9 Å². The van der Waals surface area contributed by atoms with Gasteiger partial charge in [0.05, 0.1) is 6.61 Å². The first kappa shape index (κ1) is 19.3. The first-order chi connectivity index (χ1) is 9.20. The van der Waals surface area contributed by atoms with E-state index in [0.717, 1.165) is 31.3 Å². The molecule has 0 spiro atoms. The average molecular weight is 302 g/mol. The Labute approximate surface area is 122 Å². The fraction of sp³-hybridized carbons (Fsp3) is 0.600. The van der Waals surface area contributed by atoms with Crippen molar-refractivity contribution in [2.24, 2.45) is 0 Å². The fourth-order valence-corrected chi connectivity index (χ4v) is 1.88. The summed E-state index contributed by atoms with van der Waals surface area (Å²) >= 11 is 0. The minimum Gasteiger partial charge on any atom is -0.303 e. The quantitative estimate of drug-likeness (QED) is 0.485. The van der Waals surface area contributed by atoms with E-state index in [-0.39, 0.29) is 6.61 Å². The minimum absolute atomic E-state index is 0.0423. The molecule has 0 saturated heterocycles. The van der Waals surface area contributed by atoms with E-state index in [1.807, 2.05) is 6.92 Å². The molecule has 0 heterocycles. The van der Waals surface area contributed by atoms with Gasteiger partial charge in [0.2, 0.25) is 0 Å². The van der Waals surface area contributed by atoms with Crippen molar-refractivity contribution in [2.45, 2.75) is 53.4 Å². The second kappa shape index (κ2) is 10.1. The molecule has 0 fully saturated rings. The molecule has 0 atom stereocenters. The first-order valence-corrected chi connectivity index (χ1v) is 8.38. The molecule has 0 unspecified atom stereocenters. The Hall–Kier alpha value is -0.670. The average Bonchev–Trinajstić information content (AvgIpc) is 2.26. The van der Waals surface area contributed by atoms with Crippen LogP contribution in [0.3, 0.4) is 0 Å². The largest absolute Gasteiger partial charge is 0.469 e. The van der Waals surface area contributed by atoms with Crippen LogP contribution in [0.2, 0.25) is 0 Å². The van der Waals surface area contributed by atoms with Crippen molar-refractivity contribution in [1.29, 1.82) is 0 Å². The number of hydrogen-bond acceptors (Lipinski definition) is 2. The van der Waals surface area contributed by atoms with E-state index in [1.165, 1.54) is 11.1 Å². The summed E-state index contributed by atoms with van der Waals surface area (Å²) in [5.41, 5.74) is 3.80. The molecule has 0 saturated carbocycles. The molecule has 2 N–H and O–H groups in total. The maximum atomic E-state index is 10.5. The molecule has 4 nitrogen and oxygen atoms in total.